The van der Waals surface area contributed by atoms with E-state index in [1.165, 1.54) is 18.9 Å². The van der Waals surface area contributed by atoms with Crippen LogP contribution < -0.4 is 20.5 Å². The maximum atomic E-state index is 11.7. The topological polar surface area (TPSA) is 113 Å². The monoisotopic (exact) mass is 298 g/mol. The van der Waals surface area contributed by atoms with Crippen LogP contribution in [0, 0.1) is 0 Å². The molecule has 110 valence electrons. The van der Waals surface area contributed by atoms with Crippen molar-refractivity contribution >= 4 is 27.5 Å². The van der Waals surface area contributed by atoms with Crippen LogP contribution in [0.3, 0.4) is 0 Å². The third-order valence-corrected chi connectivity index (χ3v) is 3.29. The molecule has 1 amide bonds. The van der Waals surface area contributed by atoms with Gasteiger partial charge in [-0.1, -0.05) is 6.07 Å². The fourth-order valence-electron chi connectivity index (χ4n) is 1.73. The summed E-state index contributed by atoms with van der Waals surface area (Å²) in [6.45, 7) is 0.644. The van der Waals surface area contributed by atoms with E-state index < -0.39 is 10.2 Å². The number of nitrogens with one attached hydrogen (secondary N) is 3. The molecule has 0 spiro atoms. The summed E-state index contributed by atoms with van der Waals surface area (Å²) < 4.78 is 24.0. The summed E-state index contributed by atoms with van der Waals surface area (Å²) in [4.78, 5) is 11.7. The van der Waals surface area contributed by atoms with Crippen LogP contribution in [0.2, 0.25) is 0 Å². The molecule has 0 heterocycles. The molecule has 0 atom stereocenters. The van der Waals surface area contributed by atoms with Gasteiger partial charge in [0.05, 0.1) is 5.69 Å². The van der Waals surface area contributed by atoms with Gasteiger partial charge >= 0.3 is 0 Å². The average molecular weight is 298 g/mol. The normalized spacial score (nSPS) is 14.8. The Bertz CT molecular complexity index is 584. The molecule has 0 aromatic heterocycles. The molecular weight excluding hydrogens is 280 g/mol. The van der Waals surface area contributed by atoms with Crippen LogP contribution in [0.5, 0.6) is 0 Å². The van der Waals surface area contributed by atoms with Gasteiger partial charge in [0.15, 0.2) is 0 Å². The van der Waals surface area contributed by atoms with E-state index in [0.29, 0.717) is 30.4 Å². The lowest BCUT2D eigenvalue weighted by Crippen LogP contribution is -2.23. The molecule has 7 nitrogen and oxygen atoms in total. The van der Waals surface area contributed by atoms with Crippen LogP contribution in [-0.4, -0.2) is 26.9 Å². The predicted octanol–water partition coefficient (Wildman–Crippen LogP) is 0.383. The van der Waals surface area contributed by atoms with Gasteiger partial charge in [-0.25, -0.2) is 5.14 Å². The molecule has 5 N–H and O–H groups in total. The second-order valence-corrected chi connectivity index (χ2v) is 6.05. The molecular formula is C12H18N4O3S. The van der Waals surface area contributed by atoms with Gasteiger partial charge in [0.1, 0.15) is 0 Å². The van der Waals surface area contributed by atoms with Gasteiger partial charge in [0, 0.05) is 24.7 Å². The number of nitrogens with two attached hydrogens (primary N) is 1. The molecule has 2 rings (SSSR count). The summed E-state index contributed by atoms with van der Waals surface area (Å²) in [5.74, 6) is -0.120. The molecule has 1 fully saturated rings. The van der Waals surface area contributed by atoms with Gasteiger partial charge < -0.3 is 10.6 Å². The molecule has 20 heavy (non-hydrogen) atoms. The summed E-state index contributed by atoms with van der Waals surface area (Å²) >= 11 is 0. The average Bonchev–Trinajstić information content (AvgIpc) is 3.11. The Morgan fingerprint density at radius 3 is 2.65 bits per heavy atom. The van der Waals surface area contributed by atoms with Gasteiger partial charge in [-0.05, 0) is 31.0 Å². The van der Waals surface area contributed by atoms with Gasteiger partial charge in [-0.2, -0.15) is 8.42 Å². The highest BCUT2D eigenvalue weighted by Gasteiger charge is 2.20. The van der Waals surface area contributed by atoms with E-state index in [1.807, 2.05) is 0 Å². The van der Waals surface area contributed by atoms with Gasteiger partial charge in [-0.3, -0.25) is 9.52 Å². The molecule has 0 radical (unpaired) electrons. The molecule has 1 aliphatic rings. The molecule has 1 aliphatic carbocycles. The van der Waals surface area contributed by atoms with E-state index in [0.717, 1.165) is 0 Å². The summed E-state index contributed by atoms with van der Waals surface area (Å²) in [5.41, 5.74) is 0.830. The van der Waals surface area contributed by atoms with Crippen LogP contribution in [0.15, 0.2) is 24.3 Å². The van der Waals surface area contributed by atoms with Crippen molar-refractivity contribution in [3.63, 3.8) is 0 Å². The highest BCUT2D eigenvalue weighted by Crippen LogP contribution is 2.18. The first-order chi connectivity index (χ1) is 9.42. The first kappa shape index (κ1) is 14.8. The molecule has 8 heteroatoms. The number of carbonyl (C=O) groups excluding carboxylic acids is 1. The van der Waals surface area contributed by atoms with Crippen molar-refractivity contribution in [1.29, 1.82) is 0 Å². The summed E-state index contributed by atoms with van der Waals surface area (Å²) in [5, 5.41) is 10.8. The standard InChI is InChI=1S/C12H18N4O3S/c13-20(18,19)16-11-3-1-2-10(8-11)15-12(17)6-7-14-9-4-5-9/h1-3,8-9,14,16H,4-7H2,(H,15,17)(H2,13,18,19). The Hall–Kier alpha value is -1.64. The van der Waals surface area contributed by atoms with Gasteiger partial charge in [0.25, 0.3) is 10.2 Å². The fourth-order valence-corrected chi connectivity index (χ4v) is 2.18. The second kappa shape index (κ2) is 6.21. The fraction of sp³-hybridized carbons (Fsp3) is 0.417. The second-order valence-electron chi connectivity index (χ2n) is 4.75. The summed E-state index contributed by atoms with van der Waals surface area (Å²) in [6.07, 6.45) is 2.75. The lowest BCUT2D eigenvalue weighted by molar-refractivity contribution is -0.116. The predicted molar refractivity (Wildman–Crippen MR) is 77.4 cm³/mol. The Labute approximate surface area is 118 Å². The SMILES string of the molecule is NS(=O)(=O)Nc1cccc(NC(=O)CCNC2CC2)c1. The number of hydrogen-bond donors (Lipinski definition) is 4. The highest BCUT2D eigenvalue weighted by molar-refractivity contribution is 7.90. The van der Waals surface area contributed by atoms with E-state index >= 15 is 0 Å². The first-order valence-corrected chi connectivity index (χ1v) is 7.91. The molecule has 1 aromatic carbocycles. The van der Waals surface area contributed by atoms with E-state index in [4.69, 9.17) is 5.14 Å². The Morgan fingerprint density at radius 1 is 1.30 bits per heavy atom. The first-order valence-electron chi connectivity index (χ1n) is 6.36. The zero-order valence-corrected chi connectivity index (χ0v) is 11.7. The Balaban J connectivity index is 1.84. The Morgan fingerprint density at radius 2 is 2.00 bits per heavy atom. The minimum Gasteiger partial charge on any atom is -0.326 e. The minimum absolute atomic E-state index is 0.120. The number of hydrogen-bond acceptors (Lipinski definition) is 4. The lowest BCUT2D eigenvalue weighted by Gasteiger charge is -2.08. The van der Waals surface area contributed by atoms with Crippen molar-refractivity contribution < 1.29 is 13.2 Å². The molecule has 0 bridgehead atoms. The third-order valence-electron chi connectivity index (χ3n) is 2.77. The van der Waals surface area contributed by atoms with Crippen LogP contribution in [-0.2, 0) is 15.0 Å². The van der Waals surface area contributed by atoms with Crippen molar-refractivity contribution in [2.45, 2.75) is 25.3 Å². The maximum absolute atomic E-state index is 11.7. The number of benzene rings is 1. The number of anilines is 2. The smallest absolute Gasteiger partial charge is 0.296 e. The van der Waals surface area contributed by atoms with Crippen molar-refractivity contribution in [3.8, 4) is 0 Å². The van der Waals surface area contributed by atoms with E-state index in [-0.39, 0.29) is 5.91 Å². The lowest BCUT2D eigenvalue weighted by atomic mass is 10.2. The van der Waals surface area contributed by atoms with E-state index in [2.05, 4.69) is 15.4 Å². The van der Waals surface area contributed by atoms with E-state index in [1.54, 1.807) is 18.2 Å². The number of amides is 1. The zero-order valence-electron chi connectivity index (χ0n) is 10.9. The largest absolute Gasteiger partial charge is 0.326 e. The van der Waals surface area contributed by atoms with Crippen molar-refractivity contribution in [2.75, 3.05) is 16.6 Å². The highest BCUT2D eigenvalue weighted by atomic mass is 32.2. The summed E-state index contributed by atoms with van der Waals surface area (Å²) in [7, 11) is -3.81. The van der Waals surface area contributed by atoms with Gasteiger partial charge in [0.2, 0.25) is 5.91 Å². The van der Waals surface area contributed by atoms with Crippen LogP contribution in [0.25, 0.3) is 0 Å². The molecule has 0 aliphatic heterocycles. The quantitative estimate of drug-likeness (QED) is 0.583. The van der Waals surface area contributed by atoms with Crippen LogP contribution in [0.1, 0.15) is 19.3 Å². The third kappa shape index (κ3) is 5.55. The molecule has 1 aromatic rings. The molecule has 0 saturated heterocycles. The van der Waals surface area contributed by atoms with Crippen LogP contribution in [0.4, 0.5) is 11.4 Å². The van der Waals surface area contributed by atoms with Crippen molar-refractivity contribution in [1.82, 2.24) is 5.32 Å². The maximum Gasteiger partial charge on any atom is 0.296 e. The number of rotatable bonds is 7. The van der Waals surface area contributed by atoms with Crippen molar-refractivity contribution in [3.05, 3.63) is 24.3 Å². The van der Waals surface area contributed by atoms with Gasteiger partial charge in [-0.15, -0.1) is 0 Å². The number of carbonyl (C=O) groups is 1. The minimum atomic E-state index is -3.81. The van der Waals surface area contributed by atoms with E-state index in [9.17, 15) is 13.2 Å². The van der Waals surface area contributed by atoms with Crippen molar-refractivity contribution in [2.24, 2.45) is 5.14 Å². The molecule has 1 saturated carbocycles. The van der Waals surface area contributed by atoms with Crippen LogP contribution >= 0.6 is 0 Å². The Kier molecular flexibility index (Phi) is 4.58. The molecule has 0 unspecified atom stereocenters. The summed E-state index contributed by atoms with van der Waals surface area (Å²) in [6, 6.07) is 6.95. The zero-order chi connectivity index (χ0) is 14.6.